The molecule has 0 bridgehead atoms. The van der Waals surface area contributed by atoms with E-state index >= 15 is 0 Å². The van der Waals surface area contributed by atoms with Crippen LogP contribution in [0.1, 0.15) is 39.5 Å². The highest BCUT2D eigenvalue weighted by atomic mass is 16.5. The molecular formula is C20H24N2O3. The molecule has 0 aliphatic heterocycles. The lowest BCUT2D eigenvalue weighted by Crippen LogP contribution is -2.30. The fourth-order valence-electron chi connectivity index (χ4n) is 2.74. The number of benzene rings is 2. The lowest BCUT2D eigenvalue weighted by molar-refractivity contribution is -0.123. The van der Waals surface area contributed by atoms with Crippen LogP contribution in [0.25, 0.3) is 0 Å². The molecule has 1 unspecified atom stereocenters. The highest BCUT2D eigenvalue weighted by molar-refractivity contribution is 6.00. The molecule has 0 aliphatic carbocycles. The van der Waals surface area contributed by atoms with Gasteiger partial charge in [-0.3, -0.25) is 4.79 Å². The van der Waals surface area contributed by atoms with Gasteiger partial charge in [-0.1, -0.05) is 29.8 Å². The maximum atomic E-state index is 12.4. The Morgan fingerprint density at radius 2 is 1.64 bits per heavy atom. The van der Waals surface area contributed by atoms with Crippen LogP contribution in [0, 0.1) is 27.7 Å². The van der Waals surface area contributed by atoms with Crippen LogP contribution in [-0.2, 0) is 9.53 Å². The van der Waals surface area contributed by atoms with Crippen molar-refractivity contribution in [2.24, 2.45) is 0 Å². The Bertz CT molecular complexity index is 805. The first-order valence-corrected chi connectivity index (χ1v) is 8.15. The number of nitrogens with one attached hydrogen (secondary N) is 1. The van der Waals surface area contributed by atoms with Gasteiger partial charge < -0.3 is 15.8 Å². The monoisotopic (exact) mass is 340 g/mol. The van der Waals surface area contributed by atoms with Gasteiger partial charge in [0.25, 0.3) is 5.91 Å². The minimum Gasteiger partial charge on any atom is -0.449 e. The summed E-state index contributed by atoms with van der Waals surface area (Å²) in [5.74, 6) is -0.990. The Labute approximate surface area is 148 Å². The van der Waals surface area contributed by atoms with Crippen molar-refractivity contribution in [2.45, 2.75) is 40.7 Å². The molecule has 3 N–H and O–H groups in total. The first-order valence-electron chi connectivity index (χ1n) is 8.15. The highest BCUT2D eigenvalue weighted by Gasteiger charge is 2.21. The third-order valence-electron chi connectivity index (χ3n) is 4.12. The summed E-state index contributed by atoms with van der Waals surface area (Å²) >= 11 is 0. The van der Waals surface area contributed by atoms with E-state index in [0.717, 1.165) is 27.9 Å². The predicted octanol–water partition coefficient (Wildman–Crippen LogP) is 3.69. The molecule has 0 fully saturated rings. The van der Waals surface area contributed by atoms with Gasteiger partial charge >= 0.3 is 5.97 Å². The molecule has 0 saturated heterocycles. The number of esters is 1. The fraction of sp³-hybridized carbons (Fsp3) is 0.300. The van der Waals surface area contributed by atoms with Crippen molar-refractivity contribution in [3.8, 4) is 0 Å². The Hall–Kier alpha value is -2.82. The summed E-state index contributed by atoms with van der Waals surface area (Å²) in [5, 5.41) is 2.84. The number of amides is 1. The smallest absolute Gasteiger partial charge is 0.341 e. The minimum absolute atomic E-state index is 0.266. The second-order valence-corrected chi connectivity index (χ2v) is 6.35. The van der Waals surface area contributed by atoms with Crippen LogP contribution >= 0.6 is 0 Å². The van der Waals surface area contributed by atoms with Crippen LogP contribution in [0.3, 0.4) is 0 Å². The molecule has 2 aromatic carbocycles. The lowest BCUT2D eigenvalue weighted by Gasteiger charge is -2.17. The van der Waals surface area contributed by atoms with Gasteiger partial charge in [0.05, 0.1) is 5.56 Å². The topological polar surface area (TPSA) is 81.4 Å². The van der Waals surface area contributed by atoms with Crippen LogP contribution in [0.4, 0.5) is 11.4 Å². The molecule has 2 rings (SSSR count). The van der Waals surface area contributed by atoms with E-state index in [0.29, 0.717) is 5.69 Å². The van der Waals surface area contributed by atoms with Crippen LogP contribution in [0.5, 0.6) is 0 Å². The van der Waals surface area contributed by atoms with E-state index in [1.54, 1.807) is 12.1 Å². The first-order chi connectivity index (χ1) is 11.7. The van der Waals surface area contributed by atoms with Gasteiger partial charge in [0.2, 0.25) is 0 Å². The number of nitrogens with two attached hydrogens (primary N) is 1. The Morgan fingerprint density at radius 1 is 1.04 bits per heavy atom. The van der Waals surface area contributed by atoms with E-state index in [-0.39, 0.29) is 11.5 Å². The summed E-state index contributed by atoms with van der Waals surface area (Å²) in [5.41, 5.74) is 11.1. The van der Waals surface area contributed by atoms with Crippen molar-refractivity contribution >= 4 is 23.3 Å². The maximum Gasteiger partial charge on any atom is 0.341 e. The Kier molecular flexibility index (Phi) is 5.47. The SMILES string of the molecule is Cc1cc(C)c(NC(=O)C(C)OC(=O)c2cccc(C)c2N)c(C)c1. The van der Waals surface area contributed by atoms with Crippen LogP contribution in [0.15, 0.2) is 30.3 Å². The Morgan fingerprint density at radius 3 is 2.24 bits per heavy atom. The number of aryl methyl sites for hydroxylation is 4. The van der Waals surface area contributed by atoms with Crippen LogP contribution in [-0.4, -0.2) is 18.0 Å². The molecule has 25 heavy (non-hydrogen) atoms. The predicted molar refractivity (Wildman–Crippen MR) is 99.8 cm³/mol. The molecular weight excluding hydrogens is 316 g/mol. The number of hydrogen-bond acceptors (Lipinski definition) is 4. The molecule has 0 aromatic heterocycles. The average Bonchev–Trinajstić information content (AvgIpc) is 2.52. The van der Waals surface area contributed by atoms with Gasteiger partial charge in [0, 0.05) is 11.4 Å². The third kappa shape index (κ3) is 4.18. The molecule has 1 atom stereocenters. The molecule has 0 spiro atoms. The molecule has 0 radical (unpaired) electrons. The van der Waals surface area contributed by atoms with Crippen molar-refractivity contribution in [3.63, 3.8) is 0 Å². The van der Waals surface area contributed by atoms with E-state index < -0.39 is 12.1 Å². The molecule has 0 aliphatic rings. The molecule has 5 heteroatoms. The van der Waals surface area contributed by atoms with Gasteiger partial charge in [-0.2, -0.15) is 0 Å². The number of rotatable bonds is 4. The van der Waals surface area contributed by atoms with E-state index in [1.807, 2.05) is 45.9 Å². The second-order valence-electron chi connectivity index (χ2n) is 6.35. The Balaban J connectivity index is 2.11. The summed E-state index contributed by atoms with van der Waals surface area (Å²) in [6, 6.07) is 9.11. The lowest BCUT2D eigenvalue weighted by atomic mass is 10.0. The van der Waals surface area contributed by atoms with E-state index in [2.05, 4.69) is 5.32 Å². The first kappa shape index (κ1) is 18.5. The number of carbonyl (C=O) groups excluding carboxylic acids is 2. The maximum absolute atomic E-state index is 12.4. The molecule has 5 nitrogen and oxygen atoms in total. The average molecular weight is 340 g/mol. The van der Waals surface area contributed by atoms with E-state index in [1.165, 1.54) is 6.92 Å². The quantitative estimate of drug-likeness (QED) is 0.657. The highest BCUT2D eigenvalue weighted by Crippen LogP contribution is 2.23. The van der Waals surface area contributed by atoms with Gasteiger partial charge in [-0.25, -0.2) is 4.79 Å². The summed E-state index contributed by atoms with van der Waals surface area (Å²) < 4.78 is 5.28. The van der Waals surface area contributed by atoms with Crippen molar-refractivity contribution < 1.29 is 14.3 Å². The van der Waals surface area contributed by atoms with E-state index in [9.17, 15) is 9.59 Å². The molecule has 2 aromatic rings. The molecule has 132 valence electrons. The second kappa shape index (κ2) is 7.38. The number of carbonyl (C=O) groups is 2. The number of nitrogen functional groups attached to an aromatic ring is 1. The summed E-state index contributed by atoms with van der Waals surface area (Å²) in [6.45, 7) is 9.21. The minimum atomic E-state index is -0.937. The molecule has 0 saturated carbocycles. The van der Waals surface area contributed by atoms with Gasteiger partial charge in [0.1, 0.15) is 0 Å². The molecule has 0 heterocycles. The summed E-state index contributed by atoms with van der Waals surface area (Å²) in [7, 11) is 0. The third-order valence-corrected chi connectivity index (χ3v) is 4.12. The van der Waals surface area contributed by atoms with Crippen molar-refractivity contribution in [1.29, 1.82) is 0 Å². The fourth-order valence-corrected chi connectivity index (χ4v) is 2.74. The van der Waals surface area contributed by atoms with Crippen molar-refractivity contribution in [2.75, 3.05) is 11.1 Å². The van der Waals surface area contributed by atoms with Crippen LogP contribution < -0.4 is 11.1 Å². The number of anilines is 2. The molecule has 1 amide bonds. The zero-order chi connectivity index (χ0) is 18.7. The number of para-hydroxylation sites is 1. The van der Waals surface area contributed by atoms with Crippen molar-refractivity contribution in [1.82, 2.24) is 0 Å². The van der Waals surface area contributed by atoms with Gasteiger partial charge in [0.15, 0.2) is 6.10 Å². The summed E-state index contributed by atoms with van der Waals surface area (Å²) in [6.07, 6.45) is -0.937. The summed E-state index contributed by atoms with van der Waals surface area (Å²) in [4.78, 5) is 24.7. The van der Waals surface area contributed by atoms with Crippen LogP contribution in [0.2, 0.25) is 0 Å². The normalized spacial score (nSPS) is 11.7. The van der Waals surface area contributed by atoms with Gasteiger partial charge in [-0.15, -0.1) is 0 Å². The van der Waals surface area contributed by atoms with Crippen molar-refractivity contribution in [3.05, 3.63) is 58.1 Å². The zero-order valence-corrected chi connectivity index (χ0v) is 15.3. The van der Waals surface area contributed by atoms with Gasteiger partial charge in [-0.05, 0) is 57.4 Å². The number of hydrogen-bond donors (Lipinski definition) is 2. The standard InChI is InChI=1S/C20H24N2O3/c1-11-9-13(3)18(14(4)10-11)22-19(23)15(5)25-20(24)16-8-6-7-12(2)17(16)21/h6-10,15H,21H2,1-5H3,(H,22,23). The van der Waals surface area contributed by atoms with E-state index in [4.69, 9.17) is 10.5 Å². The largest absolute Gasteiger partial charge is 0.449 e. The number of ether oxygens (including phenoxy) is 1. The zero-order valence-electron chi connectivity index (χ0n) is 15.3.